The van der Waals surface area contributed by atoms with Gasteiger partial charge in [0.05, 0.1) is 27.0 Å². The number of nitrogens with zero attached hydrogens (tertiary/aromatic N) is 2. The summed E-state index contributed by atoms with van der Waals surface area (Å²) in [7, 11) is -1.23. The molecular formula is C17H28N3O6P. The van der Waals surface area contributed by atoms with E-state index in [0.717, 1.165) is 19.3 Å². The zero-order valence-electron chi connectivity index (χ0n) is 15.8. The number of hydrogen-bond acceptors (Lipinski definition) is 8. The molecule has 1 aromatic rings. The molecule has 0 aromatic carbocycles. The molecule has 152 valence electrons. The van der Waals surface area contributed by atoms with Crippen molar-refractivity contribution in [1.82, 2.24) is 15.0 Å². The second kappa shape index (κ2) is 11.3. The van der Waals surface area contributed by atoms with Crippen LogP contribution in [0.15, 0.2) is 17.1 Å². The Morgan fingerprint density at radius 1 is 1.44 bits per heavy atom. The Morgan fingerprint density at radius 2 is 2.22 bits per heavy atom. The van der Waals surface area contributed by atoms with E-state index in [9.17, 15) is 14.5 Å². The van der Waals surface area contributed by atoms with Crippen LogP contribution in [0.3, 0.4) is 0 Å². The van der Waals surface area contributed by atoms with E-state index in [1.165, 1.54) is 17.4 Å². The van der Waals surface area contributed by atoms with E-state index < -0.39 is 26.2 Å². The van der Waals surface area contributed by atoms with Crippen LogP contribution in [0.2, 0.25) is 0 Å². The summed E-state index contributed by atoms with van der Waals surface area (Å²) >= 11 is 0. The molecule has 0 aliphatic carbocycles. The molecule has 1 aliphatic heterocycles. The van der Waals surface area contributed by atoms with E-state index in [0.29, 0.717) is 18.5 Å². The van der Waals surface area contributed by atoms with E-state index in [1.807, 2.05) is 0 Å². The van der Waals surface area contributed by atoms with Crippen LogP contribution in [0.4, 0.5) is 4.79 Å². The smallest absolute Gasteiger partial charge is 0.433 e. The van der Waals surface area contributed by atoms with E-state index in [2.05, 4.69) is 17.4 Å². The maximum absolute atomic E-state index is 12.1. The number of rotatable bonds is 10. The lowest BCUT2D eigenvalue weighted by molar-refractivity contribution is 0.0128. The third-order valence-electron chi connectivity index (χ3n) is 4.19. The summed E-state index contributed by atoms with van der Waals surface area (Å²) in [5.74, 6) is -0.260. The summed E-state index contributed by atoms with van der Waals surface area (Å²) in [6.45, 7) is 4.33. The molecule has 1 fully saturated rings. The molecule has 0 unspecified atom stereocenters. The lowest BCUT2D eigenvalue weighted by Gasteiger charge is -2.13. The number of carbonyl (C=O) groups excluding carboxylic acids is 1. The quantitative estimate of drug-likeness (QED) is 0.266. The molecule has 10 heteroatoms. The van der Waals surface area contributed by atoms with Crippen molar-refractivity contribution < 1.29 is 24.0 Å². The highest BCUT2D eigenvalue weighted by Gasteiger charge is 2.32. The predicted octanol–water partition coefficient (Wildman–Crippen LogP) is 2.64. The first-order chi connectivity index (χ1) is 13.0. The molecule has 9 nitrogen and oxygen atoms in total. The molecule has 0 amide bonds. The van der Waals surface area contributed by atoms with Crippen molar-refractivity contribution in [1.29, 1.82) is 0 Å². The Labute approximate surface area is 159 Å². The molecular weight excluding hydrogens is 373 g/mol. The van der Waals surface area contributed by atoms with Gasteiger partial charge in [-0.15, -0.1) is 5.48 Å². The monoisotopic (exact) mass is 401 g/mol. The fourth-order valence-corrected chi connectivity index (χ4v) is 3.79. The molecule has 0 saturated carbocycles. The van der Waals surface area contributed by atoms with Gasteiger partial charge in [0.1, 0.15) is 12.1 Å². The summed E-state index contributed by atoms with van der Waals surface area (Å²) < 4.78 is 11.9. The summed E-state index contributed by atoms with van der Waals surface area (Å²) in [6.07, 6.45) is 5.99. The Balaban J connectivity index is 1.68. The van der Waals surface area contributed by atoms with E-state index in [1.54, 1.807) is 19.2 Å². The van der Waals surface area contributed by atoms with Gasteiger partial charge in [0.15, 0.2) is 0 Å². The van der Waals surface area contributed by atoms with Gasteiger partial charge in [0.25, 0.3) is 0 Å². The van der Waals surface area contributed by atoms with Crippen LogP contribution in [-0.2, 0) is 20.9 Å². The summed E-state index contributed by atoms with van der Waals surface area (Å²) in [6, 6.07) is 1.63. The molecule has 3 atom stereocenters. The van der Waals surface area contributed by atoms with Gasteiger partial charge in [-0.1, -0.05) is 32.6 Å². The molecule has 1 saturated heterocycles. The van der Waals surface area contributed by atoms with Gasteiger partial charge in [-0.3, -0.25) is 4.57 Å². The van der Waals surface area contributed by atoms with Crippen LogP contribution >= 0.6 is 8.15 Å². The highest BCUT2D eigenvalue weighted by atomic mass is 31.1. The van der Waals surface area contributed by atoms with Gasteiger partial charge in [-0.25, -0.2) is 9.59 Å². The number of ether oxygens (including phenoxy) is 2. The van der Waals surface area contributed by atoms with Gasteiger partial charge in [-0.2, -0.15) is 4.98 Å². The minimum absolute atomic E-state index is 0.0797. The molecule has 0 radical (unpaired) electrons. The van der Waals surface area contributed by atoms with Gasteiger partial charge in [0.2, 0.25) is 0 Å². The first kappa shape index (κ1) is 21.8. The second-order valence-electron chi connectivity index (χ2n) is 6.36. The highest BCUT2D eigenvalue weighted by Crippen LogP contribution is 2.47. The first-order valence-electron chi connectivity index (χ1n) is 9.26. The lowest BCUT2D eigenvalue weighted by atomic mass is 10.2. The van der Waals surface area contributed by atoms with Gasteiger partial charge in [-0.05, 0) is 19.4 Å². The fraction of sp³-hybridized carbons (Fsp3) is 0.706. The van der Waals surface area contributed by atoms with Crippen molar-refractivity contribution in [3.8, 4) is 0 Å². The minimum Gasteiger partial charge on any atom is -0.433 e. The van der Waals surface area contributed by atoms with Gasteiger partial charge >= 0.3 is 11.8 Å². The SMILES string of the molecule is CCCCCCCOC(=O)ONCc1ccn([C@H]2C[P@@](O)[C@@H](C)O2)c(=O)n1. The van der Waals surface area contributed by atoms with Crippen molar-refractivity contribution in [2.75, 3.05) is 12.8 Å². The Bertz CT molecular complexity index is 646. The Kier molecular flexibility index (Phi) is 9.14. The van der Waals surface area contributed by atoms with Crippen molar-refractivity contribution in [2.45, 2.75) is 64.6 Å². The largest absolute Gasteiger partial charge is 0.527 e. The van der Waals surface area contributed by atoms with Gasteiger partial charge in [0, 0.05) is 12.4 Å². The third-order valence-corrected chi connectivity index (χ3v) is 5.84. The third kappa shape index (κ3) is 7.18. The Morgan fingerprint density at radius 3 is 2.89 bits per heavy atom. The normalized spacial score (nSPS) is 22.0. The number of hydrogen-bond donors (Lipinski definition) is 2. The summed E-state index contributed by atoms with van der Waals surface area (Å²) in [5.41, 5.74) is 2.38. The van der Waals surface area contributed by atoms with Crippen molar-refractivity contribution in [2.24, 2.45) is 0 Å². The number of hydroxylamine groups is 1. The average molecular weight is 401 g/mol. The van der Waals surface area contributed by atoms with Crippen LogP contribution < -0.4 is 11.2 Å². The summed E-state index contributed by atoms with van der Waals surface area (Å²) in [5, 5.41) is 0. The topological polar surface area (TPSA) is 112 Å². The van der Waals surface area contributed by atoms with E-state index in [-0.39, 0.29) is 12.4 Å². The standard InChI is InChI=1S/C17H28N3O6P/c1-3-4-5-6-7-10-24-17(22)26-18-11-14-8-9-20(16(21)19-14)15-12-27(23)13(2)25-15/h8-9,13,15,18,23H,3-7,10-12H2,1-2H3/t13-,15+,27+/m0/s1. The fourth-order valence-electron chi connectivity index (χ4n) is 2.63. The van der Waals surface area contributed by atoms with Crippen LogP contribution in [0, 0.1) is 0 Å². The van der Waals surface area contributed by atoms with Crippen LogP contribution in [0.5, 0.6) is 0 Å². The maximum Gasteiger partial charge on any atom is 0.527 e. The van der Waals surface area contributed by atoms with Crippen LogP contribution in [-0.4, -0.2) is 39.2 Å². The number of unbranched alkanes of at least 4 members (excludes halogenated alkanes) is 4. The zero-order chi connectivity index (χ0) is 19.6. The second-order valence-corrected chi connectivity index (χ2v) is 8.33. The highest BCUT2D eigenvalue weighted by molar-refractivity contribution is 7.52. The van der Waals surface area contributed by atoms with Gasteiger partial charge < -0.3 is 19.2 Å². The molecule has 0 bridgehead atoms. The van der Waals surface area contributed by atoms with E-state index in [4.69, 9.17) is 14.3 Å². The van der Waals surface area contributed by atoms with Crippen molar-refractivity contribution >= 4 is 14.3 Å². The molecule has 27 heavy (non-hydrogen) atoms. The van der Waals surface area contributed by atoms with Crippen LogP contribution in [0.25, 0.3) is 0 Å². The number of carbonyl (C=O) groups is 1. The molecule has 1 aliphatic rings. The lowest BCUT2D eigenvalue weighted by Crippen LogP contribution is -2.30. The maximum atomic E-state index is 12.1. The first-order valence-corrected chi connectivity index (χ1v) is 10.8. The molecule has 2 rings (SSSR count). The summed E-state index contributed by atoms with van der Waals surface area (Å²) in [4.78, 5) is 42.0. The molecule has 1 aromatic heterocycles. The molecule has 2 heterocycles. The zero-order valence-corrected chi connectivity index (χ0v) is 16.7. The predicted molar refractivity (Wildman–Crippen MR) is 100 cm³/mol. The average Bonchev–Trinajstić information content (AvgIpc) is 2.96. The van der Waals surface area contributed by atoms with Crippen molar-refractivity contribution in [3.63, 3.8) is 0 Å². The molecule has 2 N–H and O–H groups in total. The van der Waals surface area contributed by atoms with Crippen molar-refractivity contribution in [3.05, 3.63) is 28.4 Å². The minimum atomic E-state index is -1.23. The van der Waals surface area contributed by atoms with E-state index >= 15 is 0 Å². The Hall–Kier alpha value is -1.54. The van der Waals surface area contributed by atoms with Crippen LogP contribution in [0.1, 0.15) is 57.9 Å². The molecule has 0 spiro atoms. The number of aromatic nitrogens is 2. The number of nitrogens with one attached hydrogen (secondary N) is 1.